The topological polar surface area (TPSA) is 98.5 Å². The Balaban J connectivity index is 1.07. The summed E-state index contributed by atoms with van der Waals surface area (Å²) in [5.74, 6) is 1.82. The number of aryl methyl sites for hydroxylation is 1. The predicted molar refractivity (Wildman–Crippen MR) is 158 cm³/mol. The Morgan fingerprint density at radius 1 is 0.769 bits per heavy atom. The van der Waals surface area contributed by atoms with Crippen LogP contribution in [0.3, 0.4) is 0 Å². The molecule has 0 saturated carbocycles. The van der Waals surface area contributed by atoms with Crippen LogP contribution in [0.25, 0.3) is 31.6 Å². The molecule has 10 heteroatoms. The van der Waals surface area contributed by atoms with Gasteiger partial charge in [0.05, 0.1) is 23.0 Å². The number of rotatable bonds is 6. The predicted octanol–water partition coefficient (Wildman–Crippen LogP) is 4.75. The van der Waals surface area contributed by atoms with E-state index in [1.165, 1.54) is 5.56 Å². The minimum absolute atomic E-state index is 0.00896. The lowest BCUT2D eigenvalue weighted by molar-refractivity contribution is -0.0384. The van der Waals surface area contributed by atoms with E-state index >= 15 is 0 Å². The number of benzene rings is 1. The number of nitrogens with zero attached hydrogens (tertiary/aromatic N) is 6. The molecule has 0 radical (unpaired) electrons. The lowest BCUT2D eigenvalue weighted by atomic mass is 9.89. The van der Waals surface area contributed by atoms with E-state index in [-0.39, 0.29) is 11.8 Å². The fourth-order valence-electron chi connectivity index (χ4n) is 6.24. The van der Waals surface area contributed by atoms with Crippen LogP contribution < -0.4 is 9.80 Å². The summed E-state index contributed by atoms with van der Waals surface area (Å²) in [6, 6.07) is 10.3. The van der Waals surface area contributed by atoms with Gasteiger partial charge in [0.2, 0.25) is 0 Å². The summed E-state index contributed by atoms with van der Waals surface area (Å²) < 4.78 is 0. The van der Waals surface area contributed by atoms with Crippen molar-refractivity contribution >= 4 is 54.7 Å². The summed E-state index contributed by atoms with van der Waals surface area (Å²) in [6.07, 6.45) is 3.32. The average Bonchev–Trinajstić information content (AvgIpc) is 3.79. The van der Waals surface area contributed by atoms with E-state index in [2.05, 4.69) is 54.6 Å². The SMILES string of the molecule is Cc1csc2ncnc(N3CCC(C(O)C(O)[C@H]4CCN(c5ncnc6scc(-c7ccccc7)c56)C4)C3)c12. The Morgan fingerprint density at radius 2 is 1.33 bits per heavy atom. The van der Waals surface area contributed by atoms with Gasteiger partial charge in [-0.3, -0.25) is 0 Å². The first-order chi connectivity index (χ1) is 19.1. The molecular formula is C29H30N6O2S2. The normalized spacial score (nSPS) is 21.3. The summed E-state index contributed by atoms with van der Waals surface area (Å²) in [5.41, 5.74) is 3.47. The Bertz CT molecular complexity index is 1620. The highest BCUT2D eigenvalue weighted by molar-refractivity contribution is 7.17. The molecule has 6 heterocycles. The number of fused-ring (bicyclic) bond motifs is 2. The second-order valence-corrected chi connectivity index (χ2v) is 12.4. The molecule has 2 N–H and O–H groups in total. The van der Waals surface area contributed by atoms with Crippen molar-refractivity contribution < 1.29 is 10.2 Å². The largest absolute Gasteiger partial charge is 0.390 e. The number of hydrogen-bond donors (Lipinski definition) is 2. The molecule has 2 aliphatic heterocycles. The Hall–Kier alpha value is -3.18. The van der Waals surface area contributed by atoms with Gasteiger partial charge >= 0.3 is 0 Å². The van der Waals surface area contributed by atoms with Crippen molar-refractivity contribution in [2.75, 3.05) is 36.0 Å². The first-order valence-electron chi connectivity index (χ1n) is 13.4. The van der Waals surface area contributed by atoms with Crippen molar-refractivity contribution in [3.8, 4) is 11.1 Å². The lowest BCUT2D eigenvalue weighted by Gasteiger charge is -2.28. The standard InChI is InChI=1S/C29H30N6O2S2/c1-17-13-38-28-22(17)26(30-15-32-28)34-9-7-19(11-34)24(36)25(37)20-8-10-35(12-20)27-23-21(18-5-3-2-4-6-18)14-39-29(23)33-16-31-27/h2-6,13-16,19-20,24-25,36-37H,7-12H2,1H3/t19?,20-,24?,25?/m0/s1. The third-order valence-electron chi connectivity index (χ3n) is 8.33. The molecule has 39 heavy (non-hydrogen) atoms. The van der Waals surface area contributed by atoms with Crippen LogP contribution in [0.2, 0.25) is 0 Å². The molecule has 200 valence electrons. The molecule has 2 saturated heterocycles. The summed E-state index contributed by atoms with van der Waals surface area (Å²) in [4.78, 5) is 24.7. The zero-order valence-corrected chi connectivity index (χ0v) is 23.3. The number of anilines is 2. The van der Waals surface area contributed by atoms with Gasteiger partial charge < -0.3 is 20.0 Å². The molecule has 4 aromatic heterocycles. The van der Waals surface area contributed by atoms with Crippen molar-refractivity contribution in [2.45, 2.75) is 32.0 Å². The maximum atomic E-state index is 11.3. The van der Waals surface area contributed by atoms with Crippen molar-refractivity contribution in [3.05, 3.63) is 59.3 Å². The quantitative estimate of drug-likeness (QED) is 0.308. The van der Waals surface area contributed by atoms with Crippen LogP contribution in [0.5, 0.6) is 0 Å². The van der Waals surface area contributed by atoms with Gasteiger partial charge in [-0.25, -0.2) is 19.9 Å². The van der Waals surface area contributed by atoms with Crippen LogP contribution in [-0.4, -0.2) is 68.5 Å². The first kappa shape index (κ1) is 24.8. The van der Waals surface area contributed by atoms with Crippen molar-refractivity contribution in [2.24, 2.45) is 11.8 Å². The van der Waals surface area contributed by atoms with Crippen molar-refractivity contribution in [3.63, 3.8) is 0 Å². The number of hydrogen-bond acceptors (Lipinski definition) is 10. The number of aliphatic hydroxyl groups excluding tert-OH is 2. The molecule has 0 spiro atoms. The van der Waals surface area contributed by atoms with E-state index in [0.717, 1.165) is 69.1 Å². The average molecular weight is 559 g/mol. The van der Waals surface area contributed by atoms with E-state index < -0.39 is 12.2 Å². The molecule has 0 aliphatic carbocycles. The zero-order valence-electron chi connectivity index (χ0n) is 21.6. The lowest BCUT2D eigenvalue weighted by Crippen LogP contribution is -2.41. The molecule has 4 atom stereocenters. The van der Waals surface area contributed by atoms with Gasteiger partial charge in [0, 0.05) is 49.0 Å². The van der Waals surface area contributed by atoms with E-state index in [9.17, 15) is 10.2 Å². The maximum Gasteiger partial charge on any atom is 0.141 e. The molecule has 7 rings (SSSR count). The number of thiophene rings is 2. The number of aromatic nitrogens is 4. The Labute approximate surface area is 234 Å². The molecule has 2 fully saturated rings. The van der Waals surface area contributed by atoms with Crippen LogP contribution in [0, 0.1) is 18.8 Å². The van der Waals surface area contributed by atoms with Gasteiger partial charge in [-0.05, 0) is 36.3 Å². The number of aliphatic hydroxyl groups is 2. The fraction of sp³-hybridized carbons (Fsp3) is 0.379. The van der Waals surface area contributed by atoms with E-state index in [1.54, 1.807) is 35.3 Å². The third kappa shape index (κ3) is 4.35. The fourth-order valence-corrected chi connectivity index (χ4v) is 8.04. The highest BCUT2D eigenvalue weighted by atomic mass is 32.1. The highest BCUT2D eigenvalue weighted by Crippen LogP contribution is 2.40. The summed E-state index contributed by atoms with van der Waals surface area (Å²) in [7, 11) is 0. The van der Waals surface area contributed by atoms with E-state index in [1.807, 2.05) is 18.2 Å². The molecule has 5 aromatic rings. The van der Waals surface area contributed by atoms with Crippen molar-refractivity contribution in [1.82, 2.24) is 19.9 Å². The molecule has 0 bridgehead atoms. The van der Waals surface area contributed by atoms with Gasteiger partial charge in [0.25, 0.3) is 0 Å². The van der Waals surface area contributed by atoms with Crippen LogP contribution >= 0.6 is 22.7 Å². The zero-order chi connectivity index (χ0) is 26.5. The minimum atomic E-state index is -0.790. The highest BCUT2D eigenvalue weighted by Gasteiger charge is 2.39. The third-order valence-corrected chi connectivity index (χ3v) is 10.2. The van der Waals surface area contributed by atoms with Gasteiger partial charge in [-0.15, -0.1) is 22.7 Å². The Morgan fingerprint density at radius 3 is 1.97 bits per heavy atom. The minimum Gasteiger partial charge on any atom is -0.390 e. The molecule has 1 aromatic carbocycles. The first-order valence-corrected chi connectivity index (χ1v) is 15.2. The summed E-state index contributed by atoms with van der Waals surface area (Å²) in [6.45, 7) is 5.03. The van der Waals surface area contributed by atoms with Crippen LogP contribution in [-0.2, 0) is 0 Å². The summed E-state index contributed by atoms with van der Waals surface area (Å²) in [5, 5.41) is 29.1. The summed E-state index contributed by atoms with van der Waals surface area (Å²) >= 11 is 3.27. The van der Waals surface area contributed by atoms with E-state index in [4.69, 9.17) is 4.98 Å². The molecule has 3 unspecified atom stereocenters. The smallest absolute Gasteiger partial charge is 0.141 e. The monoisotopic (exact) mass is 558 g/mol. The van der Waals surface area contributed by atoms with Crippen LogP contribution in [0.1, 0.15) is 18.4 Å². The van der Waals surface area contributed by atoms with E-state index in [0.29, 0.717) is 13.1 Å². The van der Waals surface area contributed by atoms with Gasteiger partial charge in [-0.2, -0.15) is 0 Å². The van der Waals surface area contributed by atoms with Crippen LogP contribution in [0.15, 0.2) is 53.7 Å². The Kier molecular flexibility index (Phi) is 6.43. The molecule has 8 nitrogen and oxygen atoms in total. The van der Waals surface area contributed by atoms with Gasteiger partial charge in [0.1, 0.15) is 34.0 Å². The van der Waals surface area contributed by atoms with Gasteiger partial charge in [0.15, 0.2) is 0 Å². The van der Waals surface area contributed by atoms with Gasteiger partial charge in [-0.1, -0.05) is 30.3 Å². The second-order valence-electron chi connectivity index (χ2n) is 10.7. The molecular weight excluding hydrogens is 528 g/mol. The molecule has 0 amide bonds. The molecule has 2 aliphatic rings. The maximum absolute atomic E-state index is 11.3. The van der Waals surface area contributed by atoms with Crippen molar-refractivity contribution in [1.29, 1.82) is 0 Å². The van der Waals surface area contributed by atoms with Crippen LogP contribution in [0.4, 0.5) is 11.6 Å². The second kappa shape index (κ2) is 10.1.